The summed E-state index contributed by atoms with van der Waals surface area (Å²) in [5.41, 5.74) is -0.532. The van der Waals surface area contributed by atoms with Gasteiger partial charge in [0.1, 0.15) is 29.8 Å². The maximum absolute atomic E-state index is 14.3. The Morgan fingerprint density at radius 2 is 1.88 bits per heavy atom. The van der Waals surface area contributed by atoms with E-state index >= 15 is 0 Å². The summed E-state index contributed by atoms with van der Waals surface area (Å²) >= 11 is 0. The number of anilines is 1. The number of sulfonamides is 1. The summed E-state index contributed by atoms with van der Waals surface area (Å²) in [6.07, 6.45) is 0.821. The molecule has 0 heterocycles. The van der Waals surface area contributed by atoms with Crippen LogP contribution < -0.4 is 14.4 Å². The van der Waals surface area contributed by atoms with E-state index in [-0.39, 0.29) is 23.5 Å². The first-order chi connectivity index (χ1) is 15.9. The summed E-state index contributed by atoms with van der Waals surface area (Å²) in [6, 6.07) is 7.88. The Labute approximate surface area is 196 Å². The molecule has 2 aromatic rings. The molecule has 0 aliphatic rings. The van der Waals surface area contributed by atoms with Gasteiger partial charge in [0, 0.05) is 31.3 Å². The molecule has 0 fully saturated rings. The molecule has 0 saturated heterocycles. The Kier molecular flexibility index (Phi) is 8.51. The molecule has 1 N–H and O–H groups in total. The second-order valence-electron chi connectivity index (χ2n) is 7.29. The average Bonchev–Trinajstić information content (AvgIpc) is 2.79. The second kappa shape index (κ2) is 10.9. The highest BCUT2D eigenvalue weighted by atomic mass is 32.2. The molecule has 2 amide bonds. The average molecular weight is 497 g/mol. The summed E-state index contributed by atoms with van der Waals surface area (Å²) in [5, 5.41) is 13.6. The maximum Gasteiger partial charge on any atom is 0.271 e. The van der Waals surface area contributed by atoms with Crippen LogP contribution in [0.2, 0.25) is 0 Å². The standard InChI is InChI=1S/C21H25FN4O7S/c1-14(21(28)23-2)24(12-15-7-5-6-8-17(15)22)20(27)13-25(34(4,31)32)18-11-16(26(29)30)9-10-19(18)33-3/h5-11,14H,12-13H2,1-4H3,(H,23,28). The number of methoxy groups -OCH3 is 1. The van der Waals surface area contributed by atoms with Gasteiger partial charge in [-0.15, -0.1) is 0 Å². The Morgan fingerprint density at radius 3 is 2.41 bits per heavy atom. The lowest BCUT2D eigenvalue weighted by Crippen LogP contribution is -2.50. The number of nitrogens with one attached hydrogen (secondary N) is 1. The minimum atomic E-state index is -4.15. The van der Waals surface area contributed by atoms with Crippen LogP contribution in [0.3, 0.4) is 0 Å². The van der Waals surface area contributed by atoms with E-state index in [4.69, 9.17) is 4.74 Å². The largest absolute Gasteiger partial charge is 0.495 e. The minimum Gasteiger partial charge on any atom is -0.495 e. The molecule has 34 heavy (non-hydrogen) atoms. The Hall–Kier alpha value is -3.74. The Morgan fingerprint density at radius 1 is 1.24 bits per heavy atom. The second-order valence-corrected chi connectivity index (χ2v) is 9.19. The molecule has 1 unspecified atom stereocenters. The third kappa shape index (κ3) is 6.19. The number of nitrogens with zero attached hydrogens (tertiary/aromatic N) is 3. The molecule has 0 saturated carbocycles. The lowest BCUT2D eigenvalue weighted by atomic mass is 10.1. The smallest absolute Gasteiger partial charge is 0.271 e. The summed E-state index contributed by atoms with van der Waals surface area (Å²) in [7, 11) is -1.54. The van der Waals surface area contributed by atoms with Crippen molar-refractivity contribution < 1.29 is 32.1 Å². The first-order valence-corrected chi connectivity index (χ1v) is 11.8. The summed E-state index contributed by atoms with van der Waals surface area (Å²) in [5.74, 6) is -2.02. The number of carbonyl (C=O) groups is 2. The number of nitro benzene ring substituents is 1. The van der Waals surface area contributed by atoms with Crippen LogP contribution in [-0.4, -0.2) is 63.1 Å². The number of amides is 2. The van der Waals surface area contributed by atoms with Gasteiger partial charge in [0.2, 0.25) is 21.8 Å². The molecule has 0 bridgehead atoms. The molecule has 13 heteroatoms. The fourth-order valence-corrected chi connectivity index (χ4v) is 4.03. The fraction of sp³-hybridized carbons (Fsp3) is 0.333. The zero-order valence-corrected chi connectivity index (χ0v) is 19.8. The van der Waals surface area contributed by atoms with E-state index in [0.29, 0.717) is 4.31 Å². The molecule has 0 aliphatic heterocycles. The van der Waals surface area contributed by atoms with Gasteiger partial charge in [-0.25, -0.2) is 12.8 Å². The molecular weight excluding hydrogens is 471 g/mol. The van der Waals surface area contributed by atoms with Gasteiger partial charge in [-0.2, -0.15) is 0 Å². The molecular formula is C21H25FN4O7S. The topological polar surface area (TPSA) is 139 Å². The number of halogens is 1. The number of hydrogen-bond acceptors (Lipinski definition) is 7. The van der Waals surface area contributed by atoms with Gasteiger partial charge in [0.25, 0.3) is 5.69 Å². The van der Waals surface area contributed by atoms with Crippen LogP contribution in [0.5, 0.6) is 5.75 Å². The van der Waals surface area contributed by atoms with E-state index in [1.54, 1.807) is 6.07 Å². The van der Waals surface area contributed by atoms with E-state index in [1.807, 2.05) is 0 Å². The number of rotatable bonds is 10. The van der Waals surface area contributed by atoms with Gasteiger partial charge >= 0.3 is 0 Å². The SMILES string of the molecule is CNC(=O)C(C)N(Cc1ccccc1F)C(=O)CN(c1cc([N+](=O)[O-])ccc1OC)S(C)(=O)=O. The highest BCUT2D eigenvalue weighted by Crippen LogP contribution is 2.33. The maximum atomic E-state index is 14.3. The van der Waals surface area contributed by atoms with E-state index < -0.39 is 50.9 Å². The third-order valence-electron chi connectivity index (χ3n) is 5.03. The van der Waals surface area contributed by atoms with Crippen molar-refractivity contribution >= 4 is 33.2 Å². The number of nitro groups is 1. The summed E-state index contributed by atoms with van der Waals surface area (Å²) < 4.78 is 45.3. The zero-order chi connectivity index (χ0) is 25.6. The van der Waals surface area contributed by atoms with Crippen molar-refractivity contribution in [2.75, 3.05) is 31.3 Å². The molecule has 0 aromatic heterocycles. The van der Waals surface area contributed by atoms with Gasteiger partial charge < -0.3 is 15.0 Å². The summed E-state index contributed by atoms with van der Waals surface area (Å²) in [4.78, 5) is 37.1. The highest BCUT2D eigenvalue weighted by molar-refractivity contribution is 7.92. The predicted molar refractivity (Wildman–Crippen MR) is 122 cm³/mol. The monoisotopic (exact) mass is 496 g/mol. The van der Waals surface area contributed by atoms with Gasteiger partial charge in [-0.1, -0.05) is 18.2 Å². The number of carbonyl (C=O) groups excluding carboxylic acids is 2. The van der Waals surface area contributed by atoms with Crippen molar-refractivity contribution in [3.8, 4) is 5.75 Å². The molecule has 0 aliphatic carbocycles. The molecule has 2 aromatic carbocycles. The molecule has 0 radical (unpaired) electrons. The number of ether oxygens (including phenoxy) is 1. The van der Waals surface area contributed by atoms with Crippen molar-refractivity contribution in [2.45, 2.75) is 19.5 Å². The minimum absolute atomic E-state index is 0.0242. The van der Waals surface area contributed by atoms with Crippen LogP contribution in [0.25, 0.3) is 0 Å². The van der Waals surface area contributed by atoms with Gasteiger partial charge in [-0.05, 0) is 19.1 Å². The lowest BCUT2D eigenvalue weighted by Gasteiger charge is -2.31. The summed E-state index contributed by atoms with van der Waals surface area (Å²) in [6.45, 7) is 0.284. The zero-order valence-electron chi connectivity index (χ0n) is 19.0. The van der Waals surface area contributed by atoms with Crippen LogP contribution in [0.15, 0.2) is 42.5 Å². The molecule has 184 valence electrons. The van der Waals surface area contributed by atoms with Crippen LogP contribution in [0, 0.1) is 15.9 Å². The predicted octanol–water partition coefficient (Wildman–Crippen LogP) is 1.67. The first-order valence-electron chi connectivity index (χ1n) is 9.95. The van der Waals surface area contributed by atoms with Gasteiger partial charge in [0.05, 0.1) is 18.3 Å². The lowest BCUT2D eigenvalue weighted by molar-refractivity contribution is -0.384. The molecule has 0 spiro atoms. The van der Waals surface area contributed by atoms with Crippen LogP contribution in [0.1, 0.15) is 12.5 Å². The van der Waals surface area contributed by atoms with E-state index in [1.165, 1.54) is 45.3 Å². The number of non-ortho nitro benzene ring substituents is 1. The van der Waals surface area contributed by atoms with Crippen molar-refractivity contribution in [3.63, 3.8) is 0 Å². The van der Waals surface area contributed by atoms with E-state index in [2.05, 4.69) is 5.32 Å². The Balaban J connectivity index is 2.53. The first kappa shape index (κ1) is 26.5. The van der Waals surface area contributed by atoms with Gasteiger partial charge in [0.15, 0.2) is 0 Å². The quantitative estimate of drug-likeness (QED) is 0.390. The van der Waals surface area contributed by atoms with Crippen LogP contribution in [0.4, 0.5) is 15.8 Å². The number of likely N-dealkylation sites (N-methyl/N-ethyl adjacent to an activating group) is 1. The van der Waals surface area contributed by atoms with Crippen LogP contribution >= 0.6 is 0 Å². The number of benzene rings is 2. The van der Waals surface area contributed by atoms with Crippen LogP contribution in [-0.2, 0) is 26.2 Å². The van der Waals surface area contributed by atoms with E-state index in [9.17, 15) is 32.5 Å². The van der Waals surface area contributed by atoms with Crippen molar-refractivity contribution in [3.05, 3.63) is 64.0 Å². The molecule has 2 rings (SSSR count). The normalized spacial score (nSPS) is 11.9. The highest BCUT2D eigenvalue weighted by Gasteiger charge is 2.32. The fourth-order valence-electron chi connectivity index (χ4n) is 3.18. The van der Waals surface area contributed by atoms with Crippen molar-refractivity contribution in [1.29, 1.82) is 0 Å². The van der Waals surface area contributed by atoms with Crippen molar-refractivity contribution in [2.24, 2.45) is 0 Å². The van der Waals surface area contributed by atoms with Gasteiger partial charge in [-0.3, -0.25) is 24.0 Å². The van der Waals surface area contributed by atoms with E-state index in [0.717, 1.165) is 23.3 Å². The molecule has 1 atom stereocenters. The Bertz CT molecular complexity index is 1190. The number of hydrogen-bond donors (Lipinski definition) is 1. The third-order valence-corrected chi connectivity index (χ3v) is 6.16. The van der Waals surface area contributed by atoms with Crippen molar-refractivity contribution in [1.82, 2.24) is 10.2 Å². The molecule has 11 nitrogen and oxygen atoms in total.